The fraction of sp³-hybridized carbons (Fsp3) is 0.786. The van der Waals surface area contributed by atoms with Crippen molar-refractivity contribution >= 4 is 5.91 Å². The first-order valence-electron chi connectivity index (χ1n) is 6.65. The summed E-state index contributed by atoms with van der Waals surface area (Å²) in [4.78, 5) is 11.2. The Bertz CT molecular complexity index is 247. The van der Waals surface area contributed by atoms with E-state index in [1.165, 1.54) is 32.4 Å². The Morgan fingerprint density at radius 3 is 2.35 bits per heavy atom. The van der Waals surface area contributed by atoms with E-state index in [0.29, 0.717) is 5.57 Å². The van der Waals surface area contributed by atoms with E-state index < -0.39 is 0 Å². The van der Waals surface area contributed by atoms with Crippen LogP contribution in [0.1, 0.15) is 39.5 Å². The minimum Gasteiger partial charge on any atom is -0.352 e. The number of hydrogen-bond acceptors (Lipinski definition) is 1. The van der Waals surface area contributed by atoms with Crippen molar-refractivity contribution in [2.45, 2.75) is 39.5 Å². The van der Waals surface area contributed by atoms with Gasteiger partial charge in [-0.15, -0.1) is 0 Å². The largest absolute Gasteiger partial charge is 0.352 e. The van der Waals surface area contributed by atoms with Crippen LogP contribution in [0.5, 0.6) is 0 Å². The van der Waals surface area contributed by atoms with E-state index in [9.17, 15) is 4.79 Å². The first-order valence-corrected chi connectivity index (χ1v) is 6.65. The zero-order valence-corrected chi connectivity index (χ0v) is 12.0. The Labute approximate surface area is 106 Å². The zero-order chi connectivity index (χ0) is 13.3. The molecule has 0 aromatic rings. The fourth-order valence-electron chi connectivity index (χ4n) is 1.91. The molecule has 17 heavy (non-hydrogen) atoms. The van der Waals surface area contributed by atoms with Gasteiger partial charge in [0.05, 0.1) is 27.2 Å². The van der Waals surface area contributed by atoms with Crippen LogP contribution in [0.15, 0.2) is 12.2 Å². The van der Waals surface area contributed by atoms with Crippen LogP contribution < -0.4 is 5.32 Å². The molecule has 0 spiro atoms. The Balaban J connectivity index is 3.47. The molecule has 0 aromatic carbocycles. The van der Waals surface area contributed by atoms with Crippen molar-refractivity contribution in [1.82, 2.24) is 5.32 Å². The maximum Gasteiger partial charge on any atom is 0.246 e. The molecule has 0 saturated heterocycles. The highest BCUT2D eigenvalue weighted by atomic mass is 16.1. The predicted octanol–water partition coefficient (Wildman–Crippen LogP) is 2.34. The number of nitrogens with zero attached hydrogens (tertiary/aromatic N) is 1. The molecule has 1 amide bonds. The van der Waals surface area contributed by atoms with E-state index in [1.807, 2.05) is 0 Å². The molecule has 0 aliphatic carbocycles. The SMILES string of the molecule is C=C(C)C(=O)NCCCCC[N+](C)(C)CCC. The van der Waals surface area contributed by atoms with Gasteiger partial charge in [0.1, 0.15) is 0 Å². The molecule has 0 aromatic heterocycles. The maximum absolute atomic E-state index is 11.2. The second-order valence-electron chi connectivity index (χ2n) is 5.48. The summed E-state index contributed by atoms with van der Waals surface area (Å²) in [6.45, 7) is 10.8. The zero-order valence-electron chi connectivity index (χ0n) is 12.0. The minimum absolute atomic E-state index is 0.0212. The van der Waals surface area contributed by atoms with Crippen LogP contribution in [0.2, 0.25) is 0 Å². The van der Waals surface area contributed by atoms with Gasteiger partial charge in [0.2, 0.25) is 5.91 Å². The second kappa shape index (κ2) is 8.29. The Kier molecular flexibility index (Phi) is 7.88. The van der Waals surface area contributed by atoms with Gasteiger partial charge in [0.25, 0.3) is 0 Å². The van der Waals surface area contributed by atoms with E-state index >= 15 is 0 Å². The van der Waals surface area contributed by atoms with Gasteiger partial charge in [-0.1, -0.05) is 13.5 Å². The van der Waals surface area contributed by atoms with E-state index in [-0.39, 0.29) is 5.91 Å². The molecule has 0 fully saturated rings. The molecule has 0 saturated carbocycles. The molecule has 0 heterocycles. The molecule has 0 aliphatic rings. The van der Waals surface area contributed by atoms with Crippen LogP contribution in [0, 0.1) is 0 Å². The monoisotopic (exact) mass is 241 g/mol. The van der Waals surface area contributed by atoms with E-state index in [2.05, 4.69) is 32.9 Å². The summed E-state index contributed by atoms with van der Waals surface area (Å²) in [6, 6.07) is 0. The standard InChI is InChI=1S/C14H28N2O/c1-6-11-16(4,5)12-9-7-8-10-15-14(17)13(2)3/h2,6-12H2,1,3-5H3/p+1. The maximum atomic E-state index is 11.2. The average Bonchev–Trinajstić information content (AvgIpc) is 2.22. The number of hydrogen-bond donors (Lipinski definition) is 1. The lowest BCUT2D eigenvalue weighted by molar-refractivity contribution is -0.890. The molecule has 0 bridgehead atoms. The van der Waals surface area contributed by atoms with E-state index in [1.54, 1.807) is 6.92 Å². The lowest BCUT2D eigenvalue weighted by atomic mass is 10.2. The summed E-state index contributed by atoms with van der Waals surface area (Å²) in [5.74, 6) is -0.0212. The molecule has 0 unspecified atom stereocenters. The summed E-state index contributed by atoms with van der Waals surface area (Å²) < 4.78 is 1.11. The third-order valence-electron chi connectivity index (χ3n) is 2.94. The molecule has 0 atom stereocenters. The van der Waals surface area contributed by atoms with Gasteiger partial charge in [-0.3, -0.25) is 4.79 Å². The minimum atomic E-state index is -0.0212. The highest BCUT2D eigenvalue weighted by Gasteiger charge is 2.12. The van der Waals surface area contributed by atoms with Crippen LogP contribution in [0.3, 0.4) is 0 Å². The number of quaternary nitrogens is 1. The molecule has 100 valence electrons. The van der Waals surface area contributed by atoms with Gasteiger partial charge >= 0.3 is 0 Å². The van der Waals surface area contributed by atoms with Gasteiger partial charge in [-0.25, -0.2) is 0 Å². The molecule has 0 radical (unpaired) electrons. The summed E-state index contributed by atoms with van der Waals surface area (Å²) in [6.07, 6.45) is 4.71. The lowest BCUT2D eigenvalue weighted by Crippen LogP contribution is -2.40. The molecule has 1 N–H and O–H groups in total. The first kappa shape index (κ1) is 16.2. The topological polar surface area (TPSA) is 29.1 Å². The van der Waals surface area contributed by atoms with Crippen molar-refractivity contribution in [2.24, 2.45) is 0 Å². The van der Waals surface area contributed by atoms with Crippen molar-refractivity contribution in [1.29, 1.82) is 0 Å². The van der Waals surface area contributed by atoms with Gasteiger partial charge in [0, 0.05) is 12.1 Å². The van der Waals surface area contributed by atoms with Crippen LogP contribution in [0.25, 0.3) is 0 Å². The highest BCUT2D eigenvalue weighted by Crippen LogP contribution is 2.04. The molecular weight excluding hydrogens is 212 g/mol. The van der Waals surface area contributed by atoms with Crippen molar-refractivity contribution in [3.8, 4) is 0 Å². The molecule has 0 rings (SSSR count). The Morgan fingerprint density at radius 1 is 1.18 bits per heavy atom. The number of nitrogens with one attached hydrogen (secondary N) is 1. The van der Waals surface area contributed by atoms with Crippen LogP contribution in [-0.2, 0) is 4.79 Å². The number of amides is 1. The number of rotatable bonds is 9. The number of carbonyl (C=O) groups is 1. The van der Waals surface area contributed by atoms with Crippen LogP contribution in [0.4, 0.5) is 0 Å². The Hall–Kier alpha value is -0.830. The lowest BCUT2D eigenvalue weighted by Gasteiger charge is -2.29. The van der Waals surface area contributed by atoms with Gasteiger partial charge < -0.3 is 9.80 Å². The summed E-state index contributed by atoms with van der Waals surface area (Å²) >= 11 is 0. The summed E-state index contributed by atoms with van der Waals surface area (Å²) in [5, 5.41) is 2.86. The first-order chi connectivity index (χ1) is 7.89. The smallest absolute Gasteiger partial charge is 0.246 e. The molecular formula is C14H29N2O+. The molecule has 3 heteroatoms. The quantitative estimate of drug-likeness (QED) is 0.375. The second-order valence-corrected chi connectivity index (χ2v) is 5.48. The van der Waals surface area contributed by atoms with Crippen molar-refractivity contribution in [3.05, 3.63) is 12.2 Å². The van der Waals surface area contributed by atoms with Crippen molar-refractivity contribution in [3.63, 3.8) is 0 Å². The van der Waals surface area contributed by atoms with Gasteiger partial charge in [0.15, 0.2) is 0 Å². The van der Waals surface area contributed by atoms with Crippen molar-refractivity contribution in [2.75, 3.05) is 33.7 Å². The van der Waals surface area contributed by atoms with Gasteiger partial charge in [-0.2, -0.15) is 0 Å². The molecule has 3 nitrogen and oxygen atoms in total. The average molecular weight is 241 g/mol. The van der Waals surface area contributed by atoms with E-state index in [0.717, 1.165) is 17.4 Å². The third-order valence-corrected chi connectivity index (χ3v) is 2.94. The van der Waals surface area contributed by atoms with Crippen molar-refractivity contribution < 1.29 is 9.28 Å². The van der Waals surface area contributed by atoms with Crippen LogP contribution >= 0.6 is 0 Å². The summed E-state index contributed by atoms with van der Waals surface area (Å²) in [5.41, 5.74) is 0.589. The third kappa shape index (κ3) is 8.93. The summed E-state index contributed by atoms with van der Waals surface area (Å²) in [7, 11) is 4.57. The van der Waals surface area contributed by atoms with E-state index in [4.69, 9.17) is 0 Å². The Morgan fingerprint density at radius 2 is 1.82 bits per heavy atom. The molecule has 0 aliphatic heterocycles. The fourth-order valence-corrected chi connectivity index (χ4v) is 1.91. The number of unbranched alkanes of at least 4 members (excludes halogenated alkanes) is 2. The van der Waals surface area contributed by atoms with Gasteiger partial charge in [-0.05, 0) is 32.6 Å². The predicted molar refractivity (Wildman–Crippen MR) is 73.8 cm³/mol. The van der Waals surface area contributed by atoms with Crippen LogP contribution in [-0.4, -0.2) is 44.1 Å². The highest BCUT2D eigenvalue weighted by molar-refractivity contribution is 5.91. The number of carbonyl (C=O) groups excluding carboxylic acids is 1. The normalized spacial score (nSPS) is 11.3.